The predicted octanol–water partition coefficient (Wildman–Crippen LogP) is 6.18. The Morgan fingerprint density at radius 3 is 2.68 bits per heavy atom. The number of benzene rings is 3. The first-order valence-electron chi connectivity index (χ1n) is 12.3. The molecule has 0 saturated heterocycles. The summed E-state index contributed by atoms with van der Waals surface area (Å²) >= 11 is 3.43. The van der Waals surface area contributed by atoms with Gasteiger partial charge in [-0.2, -0.15) is 15.0 Å². The Balaban J connectivity index is 1.74. The van der Waals surface area contributed by atoms with E-state index in [1.807, 2.05) is 56.3 Å². The number of ether oxygens (including phenoxy) is 2. The summed E-state index contributed by atoms with van der Waals surface area (Å²) in [7, 11) is 0. The molecule has 0 unspecified atom stereocenters. The smallest absolute Gasteiger partial charge is 0.282 e. The van der Waals surface area contributed by atoms with Crippen LogP contribution in [0.5, 0.6) is 11.5 Å². The van der Waals surface area contributed by atoms with Gasteiger partial charge in [0.25, 0.3) is 5.56 Å². The van der Waals surface area contributed by atoms with Crippen LogP contribution >= 0.6 is 15.9 Å². The summed E-state index contributed by atoms with van der Waals surface area (Å²) in [5.41, 5.74) is 3.33. The van der Waals surface area contributed by atoms with Crippen LogP contribution in [0.3, 0.4) is 0 Å². The summed E-state index contributed by atoms with van der Waals surface area (Å²) in [6.07, 6.45) is 4.48. The Morgan fingerprint density at radius 2 is 1.95 bits per heavy atom. The summed E-state index contributed by atoms with van der Waals surface area (Å²) in [6, 6.07) is 18.7. The van der Waals surface area contributed by atoms with Crippen molar-refractivity contribution < 1.29 is 9.47 Å². The van der Waals surface area contributed by atoms with Gasteiger partial charge in [0.15, 0.2) is 11.5 Å². The van der Waals surface area contributed by atoms with Crippen molar-refractivity contribution in [2.24, 2.45) is 5.10 Å². The molecular weight excluding hydrogens is 544 g/mol. The van der Waals surface area contributed by atoms with Crippen LogP contribution < -0.4 is 15.0 Å². The van der Waals surface area contributed by atoms with Crippen molar-refractivity contribution in [1.82, 2.24) is 9.66 Å². The Labute approximate surface area is 229 Å². The largest absolute Gasteiger partial charge is 0.490 e. The number of nitrogens with zero attached hydrogens (tertiary/aromatic N) is 4. The lowest BCUT2D eigenvalue weighted by atomic mass is 10.1. The van der Waals surface area contributed by atoms with E-state index < -0.39 is 0 Å². The molecule has 0 fully saturated rings. The van der Waals surface area contributed by atoms with Crippen LogP contribution in [0.4, 0.5) is 0 Å². The van der Waals surface area contributed by atoms with E-state index in [-0.39, 0.29) is 12.2 Å². The van der Waals surface area contributed by atoms with Crippen LogP contribution in [0, 0.1) is 11.3 Å². The first kappa shape index (κ1) is 26.8. The topological polar surface area (TPSA) is 89.5 Å². The zero-order valence-corrected chi connectivity index (χ0v) is 22.9. The highest BCUT2D eigenvalue weighted by atomic mass is 79.9. The second kappa shape index (κ2) is 12.3. The van der Waals surface area contributed by atoms with Crippen LogP contribution in [-0.4, -0.2) is 22.5 Å². The van der Waals surface area contributed by atoms with Crippen molar-refractivity contribution >= 4 is 33.0 Å². The van der Waals surface area contributed by atoms with Gasteiger partial charge in [0, 0.05) is 22.0 Å². The average molecular weight is 571 g/mol. The summed E-state index contributed by atoms with van der Waals surface area (Å²) in [5, 5.41) is 14.4. The van der Waals surface area contributed by atoms with Crippen molar-refractivity contribution in [3.63, 3.8) is 0 Å². The number of aryl methyl sites for hydroxylation is 1. The maximum Gasteiger partial charge on any atom is 0.282 e. The molecule has 0 spiro atoms. The van der Waals surface area contributed by atoms with Gasteiger partial charge < -0.3 is 9.47 Å². The number of halogens is 1. The number of hydrogen-bond donors (Lipinski definition) is 0. The molecule has 0 saturated carbocycles. The standard InChI is InChI=1S/C30H27BrN4O3/c1-4-9-21-14-20(15-27(37-6-3)29(21)38-19-23-11-8-7-10-22(23)17-32)18-33-35-28(5-2)34-26-13-12-24(31)16-25(26)30(35)36/h4,7-8,10-16,18H,1,5-6,9,19H2,2-3H3. The number of nitriles is 1. The third-order valence-corrected chi connectivity index (χ3v) is 6.34. The molecule has 192 valence electrons. The summed E-state index contributed by atoms with van der Waals surface area (Å²) in [5.74, 6) is 1.69. The maximum atomic E-state index is 13.3. The lowest BCUT2D eigenvalue weighted by Gasteiger charge is -2.17. The quantitative estimate of drug-likeness (QED) is 0.168. The zero-order chi connectivity index (χ0) is 27.1. The molecule has 4 aromatic rings. The highest BCUT2D eigenvalue weighted by Crippen LogP contribution is 2.34. The second-order valence-corrected chi connectivity index (χ2v) is 9.31. The van der Waals surface area contributed by atoms with E-state index in [4.69, 9.17) is 9.47 Å². The van der Waals surface area contributed by atoms with Gasteiger partial charge in [0.2, 0.25) is 0 Å². The minimum Gasteiger partial charge on any atom is -0.490 e. The maximum absolute atomic E-state index is 13.3. The predicted molar refractivity (Wildman–Crippen MR) is 153 cm³/mol. The highest BCUT2D eigenvalue weighted by molar-refractivity contribution is 9.10. The number of rotatable bonds is 10. The lowest BCUT2D eigenvalue weighted by Crippen LogP contribution is -2.22. The molecule has 0 N–H and O–H groups in total. The fraction of sp³-hybridized carbons (Fsp3) is 0.200. The molecule has 0 aliphatic rings. The van der Waals surface area contributed by atoms with Crippen molar-refractivity contribution in [3.8, 4) is 17.6 Å². The second-order valence-electron chi connectivity index (χ2n) is 8.40. The van der Waals surface area contributed by atoms with Crippen LogP contribution in [0.2, 0.25) is 0 Å². The third-order valence-electron chi connectivity index (χ3n) is 5.84. The molecule has 8 heteroatoms. The summed E-state index contributed by atoms with van der Waals surface area (Å²) < 4.78 is 14.3. The molecule has 3 aromatic carbocycles. The average Bonchev–Trinajstić information content (AvgIpc) is 2.92. The van der Waals surface area contributed by atoms with Crippen LogP contribution in [-0.2, 0) is 19.4 Å². The van der Waals surface area contributed by atoms with Crippen LogP contribution in [0.25, 0.3) is 10.9 Å². The Hall–Kier alpha value is -4.22. The van der Waals surface area contributed by atoms with Gasteiger partial charge in [0.1, 0.15) is 12.4 Å². The zero-order valence-electron chi connectivity index (χ0n) is 21.3. The molecule has 0 radical (unpaired) electrons. The van der Waals surface area contributed by atoms with E-state index >= 15 is 0 Å². The highest BCUT2D eigenvalue weighted by Gasteiger charge is 2.15. The summed E-state index contributed by atoms with van der Waals surface area (Å²) in [6.45, 7) is 8.36. The van der Waals surface area contributed by atoms with Crippen LogP contribution in [0.1, 0.15) is 41.9 Å². The van der Waals surface area contributed by atoms with E-state index in [2.05, 4.69) is 38.7 Å². The van der Waals surface area contributed by atoms with Gasteiger partial charge in [-0.15, -0.1) is 6.58 Å². The third kappa shape index (κ3) is 5.84. The first-order valence-corrected chi connectivity index (χ1v) is 13.0. The number of aromatic nitrogens is 2. The van der Waals surface area contributed by atoms with E-state index in [1.54, 1.807) is 24.4 Å². The van der Waals surface area contributed by atoms with Crippen molar-refractivity contribution in [2.45, 2.75) is 33.3 Å². The van der Waals surface area contributed by atoms with Gasteiger partial charge in [-0.1, -0.05) is 47.1 Å². The molecule has 0 aliphatic heterocycles. The summed E-state index contributed by atoms with van der Waals surface area (Å²) in [4.78, 5) is 17.9. The van der Waals surface area contributed by atoms with Crippen molar-refractivity contribution in [1.29, 1.82) is 5.26 Å². The van der Waals surface area contributed by atoms with E-state index in [1.165, 1.54) is 4.68 Å². The molecular formula is C30H27BrN4O3. The fourth-order valence-corrected chi connectivity index (χ4v) is 4.43. The Bertz CT molecular complexity index is 1620. The van der Waals surface area contributed by atoms with Gasteiger partial charge >= 0.3 is 0 Å². The van der Waals surface area contributed by atoms with Crippen molar-refractivity contribution in [3.05, 3.63) is 110 Å². The molecule has 0 atom stereocenters. The van der Waals surface area contributed by atoms with Crippen LogP contribution in [0.15, 0.2) is 81.6 Å². The number of hydrogen-bond acceptors (Lipinski definition) is 6. The molecule has 1 aromatic heterocycles. The molecule has 4 rings (SSSR count). The fourth-order valence-electron chi connectivity index (χ4n) is 4.06. The minimum absolute atomic E-state index is 0.217. The van der Waals surface area contributed by atoms with E-state index in [9.17, 15) is 10.1 Å². The Morgan fingerprint density at radius 1 is 1.13 bits per heavy atom. The van der Waals surface area contributed by atoms with Gasteiger partial charge in [-0.3, -0.25) is 4.79 Å². The van der Waals surface area contributed by atoms with Gasteiger partial charge in [-0.25, -0.2) is 4.98 Å². The number of fused-ring (bicyclic) bond motifs is 1. The first-order chi connectivity index (χ1) is 18.5. The number of allylic oxidation sites excluding steroid dienone is 1. The Kier molecular flexibility index (Phi) is 8.72. The SMILES string of the molecule is C=CCc1cc(C=Nn2c(CC)nc3ccc(Br)cc3c2=O)cc(OCC)c1OCc1ccccc1C#N. The molecule has 38 heavy (non-hydrogen) atoms. The van der Waals surface area contributed by atoms with Gasteiger partial charge in [0.05, 0.1) is 35.4 Å². The minimum atomic E-state index is -0.239. The molecule has 0 amide bonds. The van der Waals surface area contributed by atoms with E-state index in [0.29, 0.717) is 53.2 Å². The molecule has 0 bridgehead atoms. The van der Waals surface area contributed by atoms with E-state index in [0.717, 1.165) is 21.2 Å². The van der Waals surface area contributed by atoms with Crippen molar-refractivity contribution in [2.75, 3.05) is 6.61 Å². The monoisotopic (exact) mass is 570 g/mol. The lowest BCUT2D eigenvalue weighted by molar-refractivity contribution is 0.267. The molecule has 1 heterocycles. The molecule has 0 aliphatic carbocycles. The normalized spacial score (nSPS) is 11.0. The van der Waals surface area contributed by atoms with Gasteiger partial charge in [-0.05, 0) is 55.3 Å². The molecule has 7 nitrogen and oxygen atoms in total.